The summed E-state index contributed by atoms with van der Waals surface area (Å²) >= 11 is 1.42. The van der Waals surface area contributed by atoms with Gasteiger partial charge in [-0.15, -0.1) is 0 Å². The van der Waals surface area contributed by atoms with E-state index in [1.165, 1.54) is 37.4 Å². The van der Waals surface area contributed by atoms with Gasteiger partial charge in [0.15, 0.2) is 0 Å². The Labute approximate surface area is 127 Å². The molecule has 2 aromatic rings. The zero-order valence-corrected chi connectivity index (χ0v) is 12.4. The molecule has 0 radical (unpaired) electrons. The van der Waals surface area contributed by atoms with Crippen LogP contribution in [0.1, 0.15) is 47.8 Å². The lowest BCUT2D eigenvalue weighted by atomic mass is 10.3. The van der Waals surface area contributed by atoms with Gasteiger partial charge in [0.05, 0.1) is 17.3 Å². The second-order valence-electron chi connectivity index (χ2n) is 5.18. The highest BCUT2D eigenvalue weighted by atomic mass is 32.2. The minimum absolute atomic E-state index is 0.248. The number of rotatable bonds is 5. The van der Waals surface area contributed by atoms with Gasteiger partial charge in [-0.05, 0) is 31.0 Å². The third kappa shape index (κ3) is 3.26. The molecule has 0 bridgehead atoms. The Balaban J connectivity index is 1.66. The summed E-state index contributed by atoms with van der Waals surface area (Å²) < 4.78 is 2.05. The Hall–Kier alpha value is -1.82. The molecule has 1 saturated carbocycles. The summed E-state index contributed by atoms with van der Waals surface area (Å²) in [4.78, 5) is 15.3. The first-order chi connectivity index (χ1) is 10.2. The molecular formula is C15H17N3O2S. The molecule has 2 aromatic heterocycles. The maximum Gasteiger partial charge on any atom is 0.338 e. The second kappa shape index (κ2) is 6.30. The van der Waals surface area contributed by atoms with Crippen molar-refractivity contribution in [2.75, 3.05) is 0 Å². The maximum absolute atomic E-state index is 11.1. The van der Waals surface area contributed by atoms with Crippen LogP contribution in [0.15, 0.2) is 35.6 Å². The number of aromatic nitrogens is 3. The number of aromatic carboxylic acids is 1. The average Bonchev–Trinajstić information content (AvgIpc) is 3.16. The molecule has 110 valence electrons. The summed E-state index contributed by atoms with van der Waals surface area (Å²) in [6.07, 6.45) is 8.62. The van der Waals surface area contributed by atoms with Crippen molar-refractivity contribution in [3.05, 3.63) is 41.9 Å². The van der Waals surface area contributed by atoms with Gasteiger partial charge >= 0.3 is 5.97 Å². The number of thioether (sulfide) groups is 1. The van der Waals surface area contributed by atoms with Gasteiger partial charge in [0, 0.05) is 18.1 Å². The SMILES string of the molecule is O=C(O)c1cccnc1SCc1ccn(C2CCCC2)n1. The van der Waals surface area contributed by atoms with Crippen molar-refractivity contribution >= 4 is 17.7 Å². The maximum atomic E-state index is 11.1. The summed E-state index contributed by atoms with van der Waals surface area (Å²) in [7, 11) is 0. The Bertz CT molecular complexity index is 635. The molecular weight excluding hydrogens is 286 g/mol. The molecule has 2 heterocycles. The molecule has 0 aromatic carbocycles. The first kappa shape index (κ1) is 14.1. The molecule has 1 aliphatic rings. The van der Waals surface area contributed by atoms with E-state index >= 15 is 0 Å². The predicted octanol–water partition coefficient (Wildman–Crippen LogP) is 3.38. The van der Waals surface area contributed by atoms with Gasteiger partial charge in [-0.1, -0.05) is 24.6 Å². The van der Waals surface area contributed by atoms with Crippen molar-refractivity contribution in [3.8, 4) is 0 Å². The van der Waals surface area contributed by atoms with Crippen molar-refractivity contribution in [1.82, 2.24) is 14.8 Å². The van der Waals surface area contributed by atoms with E-state index < -0.39 is 5.97 Å². The van der Waals surface area contributed by atoms with Crippen molar-refractivity contribution in [2.24, 2.45) is 0 Å². The molecule has 6 heteroatoms. The van der Waals surface area contributed by atoms with Crippen molar-refractivity contribution in [2.45, 2.75) is 42.5 Å². The quantitative estimate of drug-likeness (QED) is 0.858. The predicted molar refractivity (Wildman–Crippen MR) is 80.5 cm³/mol. The molecule has 1 N–H and O–H groups in total. The molecule has 0 spiro atoms. The van der Waals surface area contributed by atoms with E-state index in [0.29, 0.717) is 16.8 Å². The van der Waals surface area contributed by atoms with E-state index in [0.717, 1.165) is 5.69 Å². The zero-order valence-electron chi connectivity index (χ0n) is 11.6. The molecule has 0 aliphatic heterocycles. The van der Waals surface area contributed by atoms with E-state index in [2.05, 4.69) is 14.8 Å². The number of carboxylic acids is 1. The van der Waals surface area contributed by atoms with E-state index in [4.69, 9.17) is 5.11 Å². The van der Waals surface area contributed by atoms with Gasteiger partial charge in [0.2, 0.25) is 0 Å². The number of nitrogens with zero attached hydrogens (tertiary/aromatic N) is 3. The molecule has 5 nitrogen and oxygen atoms in total. The summed E-state index contributed by atoms with van der Waals surface area (Å²) in [5.74, 6) is -0.307. The first-order valence-corrected chi connectivity index (χ1v) is 8.08. The van der Waals surface area contributed by atoms with Crippen LogP contribution in [0.3, 0.4) is 0 Å². The lowest BCUT2D eigenvalue weighted by Crippen LogP contribution is -2.05. The third-order valence-electron chi connectivity index (χ3n) is 3.72. The highest BCUT2D eigenvalue weighted by molar-refractivity contribution is 7.98. The van der Waals surface area contributed by atoms with Gasteiger partial charge in [0.25, 0.3) is 0 Å². The largest absolute Gasteiger partial charge is 0.478 e. The Kier molecular flexibility index (Phi) is 4.24. The number of hydrogen-bond acceptors (Lipinski definition) is 4. The van der Waals surface area contributed by atoms with Crippen LogP contribution in [-0.2, 0) is 5.75 Å². The van der Waals surface area contributed by atoms with Gasteiger partial charge in [-0.25, -0.2) is 9.78 Å². The Morgan fingerprint density at radius 3 is 2.95 bits per heavy atom. The molecule has 1 aliphatic carbocycles. The number of carbonyl (C=O) groups is 1. The highest BCUT2D eigenvalue weighted by Gasteiger charge is 2.18. The summed E-state index contributed by atoms with van der Waals surface area (Å²) in [6.45, 7) is 0. The first-order valence-electron chi connectivity index (χ1n) is 7.09. The van der Waals surface area contributed by atoms with E-state index in [1.54, 1.807) is 18.3 Å². The summed E-state index contributed by atoms with van der Waals surface area (Å²) in [5.41, 5.74) is 1.21. The fourth-order valence-corrected chi connectivity index (χ4v) is 3.52. The van der Waals surface area contributed by atoms with Crippen LogP contribution in [0.25, 0.3) is 0 Å². The minimum Gasteiger partial charge on any atom is -0.478 e. The standard InChI is InChI=1S/C15H17N3O2S/c19-15(20)13-6-3-8-16-14(13)21-10-11-7-9-18(17-11)12-4-1-2-5-12/h3,6-9,12H,1-2,4-5,10H2,(H,19,20). The molecule has 3 rings (SSSR count). The van der Waals surface area contributed by atoms with Gasteiger partial charge in [0.1, 0.15) is 5.03 Å². The van der Waals surface area contributed by atoms with Crippen LogP contribution >= 0.6 is 11.8 Å². The average molecular weight is 303 g/mol. The number of hydrogen-bond donors (Lipinski definition) is 1. The van der Waals surface area contributed by atoms with Crippen molar-refractivity contribution in [3.63, 3.8) is 0 Å². The molecule has 0 saturated heterocycles. The second-order valence-corrected chi connectivity index (χ2v) is 6.14. The third-order valence-corrected chi connectivity index (χ3v) is 4.76. The van der Waals surface area contributed by atoms with Crippen LogP contribution in [0.4, 0.5) is 0 Å². The van der Waals surface area contributed by atoms with Crippen LogP contribution in [-0.4, -0.2) is 25.8 Å². The lowest BCUT2D eigenvalue weighted by molar-refractivity contribution is 0.0692. The lowest BCUT2D eigenvalue weighted by Gasteiger charge is -2.08. The molecule has 1 fully saturated rings. The van der Waals surface area contributed by atoms with Crippen LogP contribution < -0.4 is 0 Å². The molecule has 0 unspecified atom stereocenters. The van der Waals surface area contributed by atoms with E-state index in [1.807, 2.05) is 12.3 Å². The number of pyridine rings is 1. The van der Waals surface area contributed by atoms with Crippen LogP contribution in [0, 0.1) is 0 Å². The fourth-order valence-electron chi connectivity index (χ4n) is 2.64. The van der Waals surface area contributed by atoms with Gasteiger partial charge < -0.3 is 5.11 Å². The van der Waals surface area contributed by atoms with Crippen LogP contribution in [0.2, 0.25) is 0 Å². The van der Waals surface area contributed by atoms with Crippen molar-refractivity contribution < 1.29 is 9.90 Å². The van der Waals surface area contributed by atoms with E-state index in [9.17, 15) is 4.79 Å². The molecule has 0 atom stereocenters. The summed E-state index contributed by atoms with van der Waals surface area (Å²) in [6, 6.07) is 5.76. The number of carboxylic acid groups (broad SMARTS) is 1. The topological polar surface area (TPSA) is 68.0 Å². The Morgan fingerprint density at radius 2 is 2.19 bits per heavy atom. The fraction of sp³-hybridized carbons (Fsp3) is 0.400. The summed E-state index contributed by atoms with van der Waals surface area (Å²) in [5, 5.41) is 14.3. The van der Waals surface area contributed by atoms with Crippen LogP contribution in [0.5, 0.6) is 0 Å². The normalized spacial score (nSPS) is 15.4. The van der Waals surface area contributed by atoms with Crippen molar-refractivity contribution in [1.29, 1.82) is 0 Å². The minimum atomic E-state index is -0.943. The molecule has 21 heavy (non-hydrogen) atoms. The Morgan fingerprint density at radius 1 is 1.38 bits per heavy atom. The van der Waals surface area contributed by atoms with Gasteiger partial charge in [-0.2, -0.15) is 5.10 Å². The van der Waals surface area contributed by atoms with E-state index in [-0.39, 0.29) is 5.56 Å². The smallest absolute Gasteiger partial charge is 0.338 e. The highest BCUT2D eigenvalue weighted by Crippen LogP contribution is 2.29. The van der Waals surface area contributed by atoms with Gasteiger partial charge in [-0.3, -0.25) is 4.68 Å². The molecule has 0 amide bonds. The monoisotopic (exact) mass is 303 g/mol. The zero-order chi connectivity index (χ0) is 14.7.